The van der Waals surface area contributed by atoms with Gasteiger partial charge in [0.25, 0.3) is 0 Å². The van der Waals surface area contributed by atoms with E-state index in [2.05, 4.69) is 0 Å². The lowest BCUT2D eigenvalue weighted by atomic mass is 9.97. The van der Waals surface area contributed by atoms with Crippen molar-refractivity contribution in [3.05, 3.63) is 35.4 Å². The summed E-state index contributed by atoms with van der Waals surface area (Å²) in [4.78, 5) is 24.8. The highest BCUT2D eigenvalue weighted by atomic mass is 16.5. The minimum Gasteiger partial charge on any atom is -0.506 e. The molecule has 0 saturated heterocycles. The third-order valence-corrected chi connectivity index (χ3v) is 3.39. The molecular formula is C18H20O6. The first-order chi connectivity index (χ1) is 11.6. The molecule has 0 unspecified atom stereocenters. The van der Waals surface area contributed by atoms with E-state index in [1.165, 1.54) is 0 Å². The lowest BCUT2D eigenvalue weighted by molar-refractivity contribution is 0.0472. The molecule has 2 rings (SSSR count). The van der Waals surface area contributed by atoms with Crippen LogP contribution in [0.5, 0.6) is 11.5 Å². The van der Waals surface area contributed by atoms with Crippen LogP contribution >= 0.6 is 0 Å². The fraction of sp³-hybridized carbons (Fsp3) is 0.333. The van der Waals surface area contributed by atoms with Crippen molar-refractivity contribution in [2.45, 2.75) is 20.8 Å². The maximum Gasteiger partial charge on any atom is 0.342 e. The quantitative estimate of drug-likeness (QED) is 0.817. The van der Waals surface area contributed by atoms with Crippen LogP contribution in [-0.2, 0) is 9.47 Å². The molecule has 0 spiro atoms. The fourth-order valence-electron chi connectivity index (χ4n) is 2.48. The third-order valence-electron chi connectivity index (χ3n) is 3.39. The zero-order valence-electron chi connectivity index (χ0n) is 13.9. The highest BCUT2D eigenvalue weighted by Gasteiger charge is 2.30. The van der Waals surface area contributed by atoms with Crippen LogP contribution in [0.3, 0.4) is 0 Å². The number of esters is 2. The Morgan fingerprint density at radius 3 is 1.96 bits per heavy atom. The Morgan fingerprint density at radius 1 is 0.875 bits per heavy atom. The van der Waals surface area contributed by atoms with E-state index in [-0.39, 0.29) is 42.4 Å². The molecule has 0 heterocycles. The Balaban J connectivity index is 2.88. The van der Waals surface area contributed by atoms with E-state index in [1.807, 2.05) is 0 Å². The molecule has 2 aromatic rings. The van der Waals surface area contributed by atoms with Crippen LogP contribution in [-0.4, -0.2) is 36.9 Å². The highest BCUT2D eigenvalue weighted by molar-refractivity contribution is 6.14. The van der Waals surface area contributed by atoms with E-state index in [1.54, 1.807) is 45.0 Å². The number of phenols is 1. The summed E-state index contributed by atoms with van der Waals surface area (Å²) in [5.74, 6) is -1.67. The summed E-state index contributed by atoms with van der Waals surface area (Å²) in [6, 6.07) is 6.82. The third kappa shape index (κ3) is 3.13. The van der Waals surface area contributed by atoms with Gasteiger partial charge in [0.1, 0.15) is 22.6 Å². The predicted molar refractivity (Wildman–Crippen MR) is 88.7 cm³/mol. The molecule has 0 saturated carbocycles. The van der Waals surface area contributed by atoms with Crippen molar-refractivity contribution in [1.82, 2.24) is 0 Å². The first kappa shape index (κ1) is 17.6. The average molecular weight is 332 g/mol. The van der Waals surface area contributed by atoms with Gasteiger partial charge in [-0.2, -0.15) is 0 Å². The molecule has 6 heteroatoms. The van der Waals surface area contributed by atoms with Gasteiger partial charge in [-0.1, -0.05) is 24.3 Å². The van der Waals surface area contributed by atoms with E-state index in [0.29, 0.717) is 10.8 Å². The monoisotopic (exact) mass is 332 g/mol. The highest BCUT2D eigenvalue weighted by Crippen LogP contribution is 2.41. The van der Waals surface area contributed by atoms with Crippen molar-refractivity contribution >= 4 is 22.7 Å². The van der Waals surface area contributed by atoms with Crippen molar-refractivity contribution in [3.8, 4) is 11.5 Å². The number of hydrogen-bond acceptors (Lipinski definition) is 6. The number of carbonyl (C=O) groups excluding carboxylic acids is 2. The first-order valence-electron chi connectivity index (χ1n) is 7.81. The normalized spacial score (nSPS) is 10.5. The van der Waals surface area contributed by atoms with Crippen LogP contribution in [0.25, 0.3) is 10.8 Å². The number of ether oxygens (including phenoxy) is 3. The second kappa shape index (κ2) is 7.68. The zero-order valence-corrected chi connectivity index (χ0v) is 13.9. The topological polar surface area (TPSA) is 82.1 Å². The first-order valence-corrected chi connectivity index (χ1v) is 7.81. The van der Waals surface area contributed by atoms with Gasteiger partial charge in [-0.05, 0) is 20.8 Å². The Kier molecular flexibility index (Phi) is 5.63. The van der Waals surface area contributed by atoms with Crippen LogP contribution in [0.2, 0.25) is 0 Å². The molecule has 1 N–H and O–H groups in total. The van der Waals surface area contributed by atoms with Crippen LogP contribution in [0.15, 0.2) is 24.3 Å². The molecule has 6 nitrogen and oxygen atoms in total. The summed E-state index contributed by atoms with van der Waals surface area (Å²) in [6.45, 7) is 5.58. The minimum absolute atomic E-state index is 0.108. The standard InChI is InChI=1S/C18H20O6/c1-4-22-16-12-10-8-7-9-11(12)15(19)13(17(20)23-5-2)14(16)18(21)24-6-3/h7-10,19H,4-6H2,1-3H3. The molecular weight excluding hydrogens is 312 g/mol. The van der Waals surface area contributed by atoms with Gasteiger partial charge in [0, 0.05) is 10.8 Å². The van der Waals surface area contributed by atoms with Gasteiger partial charge in [0.15, 0.2) is 0 Å². The fourth-order valence-corrected chi connectivity index (χ4v) is 2.48. The molecule has 2 aromatic carbocycles. The lowest BCUT2D eigenvalue weighted by Crippen LogP contribution is -2.16. The van der Waals surface area contributed by atoms with Gasteiger partial charge in [-0.3, -0.25) is 0 Å². The molecule has 24 heavy (non-hydrogen) atoms. The largest absolute Gasteiger partial charge is 0.506 e. The summed E-state index contributed by atoms with van der Waals surface area (Å²) >= 11 is 0. The molecule has 128 valence electrons. The number of aromatic hydroxyl groups is 1. The number of carbonyl (C=O) groups is 2. The molecule has 0 aliphatic carbocycles. The van der Waals surface area contributed by atoms with E-state index >= 15 is 0 Å². The second-order valence-electron chi connectivity index (χ2n) is 4.85. The summed E-state index contributed by atoms with van der Waals surface area (Å²) in [6.07, 6.45) is 0. The van der Waals surface area contributed by atoms with Gasteiger partial charge in [0.05, 0.1) is 19.8 Å². The van der Waals surface area contributed by atoms with Gasteiger partial charge < -0.3 is 19.3 Å². The van der Waals surface area contributed by atoms with Crippen molar-refractivity contribution in [2.24, 2.45) is 0 Å². The summed E-state index contributed by atoms with van der Waals surface area (Å²) in [7, 11) is 0. The van der Waals surface area contributed by atoms with Crippen LogP contribution in [0, 0.1) is 0 Å². The molecule has 0 aliphatic heterocycles. The predicted octanol–water partition coefficient (Wildman–Crippen LogP) is 3.30. The van der Waals surface area contributed by atoms with Crippen molar-refractivity contribution in [2.75, 3.05) is 19.8 Å². The smallest absolute Gasteiger partial charge is 0.342 e. The molecule has 0 atom stereocenters. The lowest BCUT2D eigenvalue weighted by Gasteiger charge is -2.18. The van der Waals surface area contributed by atoms with Gasteiger partial charge >= 0.3 is 11.9 Å². The summed E-state index contributed by atoms with van der Waals surface area (Å²) in [5.41, 5.74) is -0.356. The Bertz CT molecular complexity index is 766. The molecule has 0 amide bonds. The van der Waals surface area contributed by atoms with Gasteiger partial charge in [0.2, 0.25) is 0 Å². The van der Waals surface area contributed by atoms with E-state index < -0.39 is 11.9 Å². The van der Waals surface area contributed by atoms with E-state index in [9.17, 15) is 14.7 Å². The Hall–Kier alpha value is -2.76. The second-order valence-corrected chi connectivity index (χ2v) is 4.85. The van der Waals surface area contributed by atoms with Crippen molar-refractivity contribution < 1.29 is 28.9 Å². The number of rotatable bonds is 6. The van der Waals surface area contributed by atoms with E-state index in [4.69, 9.17) is 14.2 Å². The van der Waals surface area contributed by atoms with Crippen LogP contribution in [0.4, 0.5) is 0 Å². The molecule has 0 aromatic heterocycles. The summed E-state index contributed by atoms with van der Waals surface area (Å²) in [5, 5.41) is 11.5. The van der Waals surface area contributed by atoms with Gasteiger partial charge in [-0.25, -0.2) is 9.59 Å². The minimum atomic E-state index is -0.801. The molecule has 0 aliphatic rings. The molecule has 0 radical (unpaired) electrons. The average Bonchev–Trinajstić information content (AvgIpc) is 2.57. The number of hydrogen-bond donors (Lipinski definition) is 1. The van der Waals surface area contributed by atoms with E-state index in [0.717, 1.165) is 0 Å². The SMILES string of the molecule is CCOC(=O)c1c(C(=O)OCC)c(OCC)c2ccccc2c1O. The maximum atomic E-state index is 12.4. The Morgan fingerprint density at radius 2 is 1.42 bits per heavy atom. The van der Waals surface area contributed by atoms with Crippen LogP contribution < -0.4 is 4.74 Å². The summed E-state index contributed by atoms with van der Waals surface area (Å²) < 4.78 is 15.7. The molecule has 0 fully saturated rings. The van der Waals surface area contributed by atoms with Crippen LogP contribution in [0.1, 0.15) is 41.5 Å². The van der Waals surface area contributed by atoms with Crippen molar-refractivity contribution in [1.29, 1.82) is 0 Å². The number of benzene rings is 2. The van der Waals surface area contributed by atoms with Crippen molar-refractivity contribution in [3.63, 3.8) is 0 Å². The Labute approximate surface area is 139 Å². The van der Waals surface area contributed by atoms with Gasteiger partial charge in [-0.15, -0.1) is 0 Å². The maximum absolute atomic E-state index is 12.4. The number of fused-ring (bicyclic) bond motifs is 1. The number of phenolic OH excluding ortho intramolecular Hbond substituents is 1. The molecule has 0 bridgehead atoms. The zero-order chi connectivity index (χ0) is 17.7.